The number of carbonyl (C=O) groups excluding carboxylic acids is 2. The van der Waals surface area contributed by atoms with Crippen molar-refractivity contribution < 1.29 is 31.2 Å². The summed E-state index contributed by atoms with van der Waals surface area (Å²) in [6.45, 7) is 2.82. The van der Waals surface area contributed by atoms with Crippen LogP contribution in [0, 0.1) is 13.8 Å². The zero-order chi connectivity index (χ0) is 35.9. The molecule has 1 aliphatic rings. The molecule has 1 atom stereocenters. The Morgan fingerprint density at radius 3 is 2.04 bits per heavy atom. The summed E-state index contributed by atoms with van der Waals surface area (Å²) in [5.41, 5.74) is 1.89. The maximum atomic E-state index is 14.7. The fourth-order valence-corrected chi connectivity index (χ4v) is 7.60. The summed E-state index contributed by atoms with van der Waals surface area (Å²) in [6, 6.07) is 25.3. The highest BCUT2D eigenvalue weighted by atomic mass is 32.2. The average Bonchev–Trinajstić information content (AvgIpc) is 3.10. The SMILES string of the molecule is Cc1ccc(CN(C(=O)CN(c2cccc(C(F)(F)F)c2)S(=O)(=O)c2ccc(C)cc2)[C@@H](Cc2ccccc2)C(=O)NC2CCCCC2)cc1. The molecule has 0 unspecified atom stereocenters. The van der Waals surface area contributed by atoms with Crippen LogP contribution < -0.4 is 9.62 Å². The Bertz CT molecular complexity index is 1860. The van der Waals surface area contributed by atoms with Crippen LogP contribution in [0.5, 0.6) is 0 Å². The Morgan fingerprint density at radius 1 is 0.800 bits per heavy atom. The number of sulfonamides is 1. The van der Waals surface area contributed by atoms with Crippen LogP contribution in [0.15, 0.2) is 108 Å². The van der Waals surface area contributed by atoms with Gasteiger partial charge in [-0.15, -0.1) is 0 Å². The molecule has 0 heterocycles. The number of hydrogen-bond donors (Lipinski definition) is 1. The summed E-state index contributed by atoms with van der Waals surface area (Å²) in [4.78, 5) is 30.0. The van der Waals surface area contributed by atoms with Gasteiger partial charge in [-0.1, -0.05) is 103 Å². The summed E-state index contributed by atoms with van der Waals surface area (Å²) >= 11 is 0. The van der Waals surface area contributed by atoms with Gasteiger partial charge in [-0.25, -0.2) is 8.42 Å². The second kappa shape index (κ2) is 15.9. The predicted octanol–water partition coefficient (Wildman–Crippen LogP) is 7.61. The molecule has 1 aliphatic carbocycles. The van der Waals surface area contributed by atoms with Gasteiger partial charge in [0.1, 0.15) is 12.6 Å². The highest BCUT2D eigenvalue weighted by Crippen LogP contribution is 2.33. The van der Waals surface area contributed by atoms with Crippen molar-refractivity contribution in [3.8, 4) is 0 Å². The molecule has 264 valence electrons. The first-order chi connectivity index (χ1) is 23.8. The molecule has 11 heteroatoms. The van der Waals surface area contributed by atoms with Gasteiger partial charge in [0.25, 0.3) is 10.0 Å². The molecule has 4 aromatic carbocycles. The Labute approximate surface area is 292 Å². The van der Waals surface area contributed by atoms with Gasteiger partial charge >= 0.3 is 6.18 Å². The molecule has 7 nitrogen and oxygen atoms in total. The largest absolute Gasteiger partial charge is 0.416 e. The number of aryl methyl sites for hydroxylation is 2. The first-order valence-corrected chi connectivity index (χ1v) is 18.2. The molecule has 4 aromatic rings. The fourth-order valence-electron chi connectivity index (χ4n) is 6.19. The lowest BCUT2D eigenvalue weighted by atomic mass is 9.94. The van der Waals surface area contributed by atoms with Crippen molar-refractivity contribution in [3.05, 3.63) is 131 Å². The number of halogens is 3. The van der Waals surface area contributed by atoms with E-state index in [0.29, 0.717) is 9.87 Å². The average molecular weight is 706 g/mol. The number of benzene rings is 4. The third-order valence-electron chi connectivity index (χ3n) is 9.05. The molecule has 0 aromatic heterocycles. The number of hydrogen-bond acceptors (Lipinski definition) is 4. The summed E-state index contributed by atoms with van der Waals surface area (Å²) in [6.07, 6.45) is 0.0482. The molecule has 1 saturated carbocycles. The lowest BCUT2D eigenvalue weighted by molar-refractivity contribution is -0.140. The number of nitrogens with one attached hydrogen (secondary N) is 1. The van der Waals surface area contributed by atoms with Gasteiger partial charge in [-0.3, -0.25) is 13.9 Å². The second-order valence-electron chi connectivity index (χ2n) is 12.9. The van der Waals surface area contributed by atoms with Crippen molar-refractivity contribution in [2.45, 2.75) is 82.1 Å². The van der Waals surface area contributed by atoms with Crippen LogP contribution in [-0.4, -0.2) is 43.8 Å². The van der Waals surface area contributed by atoms with E-state index >= 15 is 0 Å². The summed E-state index contributed by atoms with van der Waals surface area (Å²) < 4.78 is 70.7. The van der Waals surface area contributed by atoms with Gasteiger partial charge in [-0.2, -0.15) is 13.2 Å². The molecule has 50 heavy (non-hydrogen) atoms. The quantitative estimate of drug-likeness (QED) is 0.165. The van der Waals surface area contributed by atoms with Gasteiger partial charge < -0.3 is 10.2 Å². The summed E-state index contributed by atoms with van der Waals surface area (Å²) in [7, 11) is -4.55. The van der Waals surface area contributed by atoms with Crippen molar-refractivity contribution in [1.82, 2.24) is 10.2 Å². The normalized spacial score (nSPS) is 14.5. The van der Waals surface area contributed by atoms with Crippen LogP contribution in [0.1, 0.15) is 59.9 Å². The highest BCUT2D eigenvalue weighted by molar-refractivity contribution is 7.92. The number of nitrogens with zero attached hydrogens (tertiary/aromatic N) is 2. The summed E-state index contributed by atoms with van der Waals surface area (Å²) in [5.74, 6) is -1.10. The number of carbonyl (C=O) groups is 2. The van der Waals surface area contributed by atoms with Crippen LogP contribution in [0.4, 0.5) is 18.9 Å². The van der Waals surface area contributed by atoms with E-state index in [2.05, 4.69) is 5.32 Å². The molecule has 0 radical (unpaired) electrons. The molecule has 1 N–H and O–H groups in total. The minimum Gasteiger partial charge on any atom is -0.352 e. The minimum atomic E-state index is -4.76. The molecule has 1 fully saturated rings. The van der Waals surface area contributed by atoms with Gasteiger partial charge in [0.05, 0.1) is 16.1 Å². The summed E-state index contributed by atoms with van der Waals surface area (Å²) in [5, 5.41) is 3.15. The molecule has 0 saturated heterocycles. The second-order valence-corrected chi connectivity index (χ2v) is 14.8. The Kier molecular flexibility index (Phi) is 11.7. The van der Waals surface area contributed by atoms with Crippen LogP contribution in [0.25, 0.3) is 0 Å². The van der Waals surface area contributed by atoms with Crippen molar-refractivity contribution in [3.63, 3.8) is 0 Å². The van der Waals surface area contributed by atoms with Gasteiger partial charge in [0.2, 0.25) is 11.8 Å². The molecule has 0 aliphatic heterocycles. The molecular formula is C39H42F3N3O4S. The van der Waals surface area contributed by atoms with E-state index in [1.54, 1.807) is 19.1 Å². The number of anilines is 1. The lowest BCUT2D eigenvalue weighted by Crippen LogP contribution is -2.55. The van der Waals surface area contributed by atoms with Gasteiger partial charge in [0.15, 0.2) is 0 Å². The third-order valence-corrected chi connectivity index (χ3v) is 10.8. The van der Waals surface area contributed by atoms with Gasteiger partial charge in [0, 0.05) is 19.0 Å². The Hall–Kier alpha value is -4.64. The van der Waals surface area contributed by atoms with E-state index in [-0.39, 0.29) is 35.5 Å². The molecular weight excluding hydrogens is 664 g/mol. The van der Waals surface area contributed by atoms with Crippen LogP contribution >= 0.6 is 0 Å². The molecule has 0 bridgehead atoms. The number of rotatable bonds is 12. The fraction of sp³-hybridized carbons (Fsp3) is 0.333. The van der Waals surface area contributed by atoms with Crippen molar-refractivity contribution in [2.24, 2.45) is 0 Å². The van der Waals surface area contributed by atoms with Gasteiger partial charge in [-0.05, 0) is 68.1 Å². The van der Waals surface area contributed by atoms with E-state index in [4.69, 9.17) is 0 Å². The van der Waals surface area contributed by atoms with E-state index in [0.717, 1.165) is 67.0 Å². The van der Waals surface area contributed by atoms with Crippen LogP contribution in [0.3, 0.4) is 0 Å². The number of amides is 2. The zero-order valence-electron chi connectivity index (χ0n) is 28.2. The standard InChI is InChI=1S/C39H42F3N3O4S/c1-28-16-20-31(21-17-28)26-44(36(24-30-10-5-3-6-11-30)38(47)43-33-13-7-4-8-14-33)37(46)27-45(34-15-9-12-32(25-34)39(40,41)42)50(48,49)35-22-18-29(2)19-23-35/h3,5-6,9-12,15-23,25,33,36H,4,7-8,13-14,24,26-27H2,1-2H3,(H,43,47)/t36-/m0/s1. The molecule has 0 spiro atoms. The van der Waals surface area contributed by atoms with E-state index in [1.807, 2.05) is 61.5 Å². The predicted molar refractivity (Wildman–Crippen MR) is 188 cm³/mol. The Balaban J connectivity index is 1.59. The maximum absolute atomic E-state index is 14.7. The van der Waals surface area contributed by atoms with E-state index in [1.165, 1.54) is 23.1 Å². The minimum absolute atomic E-state index is 0.0320. The molecule has 2 amide bonds. The van der Waals surface area contributed by atoms with Crippen molar-refractivity contribution in [2.75, 3.05) is 10.8 Å². The third kappa shape index (κ3) is 9.32. The van der Waals surface area contributed by atoms with E-state index < -0.39 is 40.3 Å². The van der Waals surface area contributed by atoms with E-state index in [9.17, 15) is 31.2 Å². The highest BCUT2D eigenvalue weighted by Gasteiger charge is 2.37. The Morgan fingerprint density at radius 2 is 1.42 bits per heavy atom. The van der Waals surface area contributed by atoms with Crippen molar-refractivity contribution >= 4 is 27.5 Å². The van der Waals surface area contributed by atoms with Crippen molar-refractivity contribution in [1.29, 1.82) is 0 Å². The monoisotopic (exact) mass is 705 g/mol. The smallest absolute Gasteiger partial charge is 0.352 e. The first-order valence-electron chi connectivity index (χ1n) is 16.8. The lowest BCUT2D eigenvalue weighted by Gasteiger charge is -2.35. The maximum Gasteiger partial charge on any atom is 0.416 e. The van der Waals surface area contributed by atoms with Crippen LogP contribution in [-0.2, 0) is 38.8 Å². The molecule has 5 rings (SSSR count). The first kappa shape index (κ1) is 36.6. The number of alkyl halides is 3. The van der Waals surface area contributed by atoms with Crippen LogP contribution in [0.2, 0.25) is 0 Å². The topological polar surface area (TPSA) is 86.8 Å². The zero-order valence-corrected chi connectivity index (χ0v) is 29.0.